The average molecular weight is 359 g/mol. The smallest absolute Gasteiger partial charge is 0.267 e. The van der Waals surface area contributed by atoms with Crippen molar-refractivity contribution in [3.8, 4) is 5.75 Å². The number of amides is 1. The van der Waals surface area contributed by atoms with Crippen LogP contribution in [0.25, 0.3) is 0 Å². The van der Waals surface area contributed by atoms with E-state index in [2.05, 4.69) is 4.98 Å². The molecule has 1 atom stereocenters. The number of carbonyl (C=O) groups excluding carboxylic acids is 1. The lowest BCUT2D eigenvalue weighted by molar-refractivity contribution is 0.0117. The van der Waals surface area contributed by atoms with Gasteiger partial charge < -0.3 is 9.64 Å². The van der Waals surface area contributed by atoms with Crippen molar-refractivity contribution < 1.29 is 18.3 Å². The first kappa shape index (κ1) is 16.1. The number of rotatable bonds is 4. The molecule has 122 valence electrons. The fourth-order valence-electron chi connectivity index (χ4n) is 2.48. The van der Waals surface area contributed by atoms with Gasteiger partial charge in [-0.1, -0.05) is 11.6 Å². The van der Waals surface area contributed by atoms with Crippen LogP contribution < -0.4 is 4.74 Å². The van der Waals surface area contributed by atoms with Gasteiger partial charge in [0, 0.05) is 12.6 Å². The second-order valence-electron chi connectivity index (χ2n) is 5.25. The fourth-order valence-corrected chi connectivity index (χ4v) is 3.48. The van der Waals surface area contributed by atoms with Crippen LogP contribution in [0.15, 0.2) is 36.7 Å². The lowest BCUT2D eigenvalue weighted by Gasteiger charge is -2.23. The Morgan fingerprint density at radius 1 is 1.48 bits per heavy atom. The maximum Gasteiger partial charge on any atom is 0.267 e. The second-order valence-corrected chi connectivity index (χ2v) is 6.97. The molecule has 3 heterocycles. The van der Waals surface area contributed by atoms with E-state index in [0.717, 1.165) is 11.3 Å². The molecular weight excluding hydrogens is 346 g/mol. The summed E-state index contributed by atoms with van der Waals surface area (Å²) >= 11 is 6.89. The summed E-state index contributed by atoms with van der Waals surface area (Å²) < 4.78 is 33.5. The topological polar surface area (TPSA) is 42.4 Å². The summed E-state index contributed by atoms with van der Waals surface area (Å²) in [6, 6.07) is 5.80. The van der Waals surface area contributed by atoms with Crippen molar-refractivity contribution in [3.05, 3.63) is 45.9 Å². The van der Waals surface area contributed by atoms with Crippen molar-refractivity contribution in [3.63, 3.8) is 0 Å². The molecule has 1 amide bonds. The van der Waals surface area contributed by atoms with E-state index in [4.69, 9.17) is 16.3 Å². The molecule has 1 aliphatic rings. The minimum Gasteiger partial charge on any atom is -0.490 e. The Kier molecular flexibility index (Phi) is 4.50. The number of carbonyl (C=O) groups is 1. The molecule has 0 N–H and O–H groups in total. The van der Waals surface area contributed by atoms with E-state index in [1.54, 1.807) is 30.5 Å². The van der Waals surface area contributed by atoms with Gasteiger partial charge in [-0.2, -0.15) is 0 Å². The van der Waals surface area contributed by atoms with Gasteiger partial charge in [0.1, 0.15) is 12.4 Å². The number of aromatic nitrogens is 1. The molecule has 0 spiro atoms. The summed E-state index contributed by atoms with van der Waals surface area (Å²) in [7, 11) is 0. The molecule has 0 aliphatic carbocycles. The van der Waals surface area contributed by atoms with Crippen LogP contribution in [0.4, 0.5) is 8.78 Å². The van der Waals surface area contributed by atoms with Crippen molar-refractivity contribution in [2.75, 3.05) is 13.2 Å². The molecule has 1 saturated heterocycles. The molecule has 0 saturated carbocycles. The maximum atomic E-state index is 13.8. The fraction of sp³-hybridized carbons (Fsp3) is 0.333. The number of likely N-dealkylation sites (tertiary alicyclic amines) is 1. The molecule has 3 rings (SSSR count). The van der Waals surface area contributed by atoms with Gasteiger partial charge in [-0.3, -0.25) is 9.78 Å². The summed E-state index contributed by atoms with van der Waals surface area (Å²) in [5.74, 6) is -2.88. The lowest BCUT2D eigenvalue weighted by atomic mass is 10.2. The van der Waals surface area contributed by atoms with Gasteiger partial charge in [0.2, 0.25) is 0 Å². The van der Waals surface area contributed by atoms with Gasteiger partial charge >= 0.3 is 0 Å². The Balaban J connectivity index is 1.73. The van der Waals surface area contributed by atoms with Gasteiger partial charge in [0.05, 0.1) is 28.0 Å². The van der Waals surface area contributed by atoms with Gasteiger partial charge in [0.15, 0.2) is 0 Å². The third kappa shape index (κ3) is 3.79. The van der Waals surface area contributed by atoms with Crippen LogP contribution in [-0.4, -0.2) is 40.9 Å². The van der Waals surface area contributed by atoms with Crippen molar-refractivity contribution in [1.29, 1.82) is 0 Å². The van der Waals surface area contributed by atoms with E-state index in [1.165, 1.54) is 11.1 Å². The molecule has 0 aromatic carbocycles. The normalized spacial score (nSPS) is 19.8. The number of halogens is 3. The van der Waals surface area contributed by atoms with E-state index < -0.39 is 30.8 Å². The Labute approximate surface area is 140 Å². The predicted octanol–water partition coefficient (Wildman–Crippen LogP) is 3.73. The summed E-state index contributed by atoms with van der Waals surface area (Å²) in [5.41, 5.74) is 0. The number of hydrogen-bond donors (Lipinski definition) is 0. The second kappa shape index (κ2) is 6.41. The van der Waals surface area contributed by atoms with Crippen LogP contribution in [0.1, 0.15) is 16.1 Å². The molecule has 4 nitrogen and oxygen atoms in total. The monoisotopic (exact) mass is 358 g/mol. The molecule has 2 aromatic heterocycles. The molecule has 0 unspecified atom stereocenters. The largest absolute Gasteiger partial charge is 0.490 e. The first-order valence-corrected chi connectivity index (χ1v) is 8.11. The van der Waals surface area contributed by atoms with Crippen LogP contribution >= 0.6 is 22.9 Å². The third-order valence-corrected chi connectivity index (χ3v) is 4.72. The average Bonchev–Trinajstić information content (AvgIpc) is 3.08. The maximum absolute atomic E-state index is 13.8. The summed E-state index contributed by atoms with van der Waals surface area (Å²) in [6.45, 7) is -0.617. The van der Waals surface area contributed by atoms with E-state index in [1.807, 2.05) is 0 Å². The molecule has 1 aliphatic heterocycles. The van der Waals surface area contributed by atoms with E-state index in [9.17, 15) is 13.6 Å². The first-order chi connectivity index (χ1) is 10.9. The van der Waals surface area contributed by atoms with E-state index in [-0.39, 0.29) is 6.61 Å². The third-order valence-electron chi connectivity index (χ3n) is 3.50. The zero-order valence-corrected chi connectivity index (χ0v) is 13.5. The van der Waals surface area contributed by atoms with E-state index in [0.29, 0.717) is 15.0 Å². The standard InChI is InChI=1S/C15H13ClF2N2O2S/c16-13-4-3-12(23-13)14(21)20-9-15(17,18)6-10(20)8-22-11-2-1-5-19-7-11/h1-5,7,10H,6,8-9H2/t10-/m0/s1. The molecular formula is C15H13ClF2N2O2S. The first-order valence-electron chi connectivity index (χ1n) is 6.91. The van der Waals surface area contributed by atoms with Gasteiger partial charge in [-0.25, -0.2) is 8.78 Å². The highest BCUT2D eigenvalue weighted by Gasteiger charge is 2.47. The number of hydrogen-bond acceptors (Lipinski definition) is 4. The Hall–Kier alpha value is -1.73. The summed E-state index contributed by atoms with van der Waals surface area (Å²) in [5, 5.41) is 0. The molecule has 0 bridgehead atoms. The minimum atomic E-state index is -2.92. The molecule has 1 fully saturated rings. The number of ether oxygens (including phenoxy) is 1. The molecule has 2 aromatic rings. The van der Waals surface area contributed by atoms with Crippen LogP contribution in [0.2, 0.25) is 4.34 Å². The van der Waals surface area contributed by atoms with Crippen molar-refractivity contribution in [2.24, 2.45) is 0 Å². The number of nitrogens with zero attached hydrogens (tertiary/aromatic N) is 2. The highest BCUT2D eigenvalue weighted by Crippen LogP contribution is 2.34. The van der Waals surface area contributed by atoms with Gasteiger partial charge in [-0.05, 0) is 24.3 Å². The zero-order valence-electron chi connectivity index (χ0n) is 11.9. The van der Waals surface area contributed by atoms with Gasteiger partial charge in [-0.15, -0.1) is 11.3 Å². The van der Waals surface area contributed by atoms with Crippen molar-refractivity contribution >= 4 is 28.8 Å². The quantitative estimate of drug-likeness (QED) is 0.836. The van der Waals surface area contributed by atoms with Crippen molar-refractivity contribution in [1.82, 2.24) is 9.88 Å². The van der Waals surface area contributed by atoms with Crippen LogP contribution in [0.3, 0.4) is 0 Å². The Bertz CT molecular complexity index is 696. The highest BCUT2D eigenvalue weighted by molar-refractivity contribution is 7.17. The highest BCUT2D eigenvalue weighted by atomic mass is 35.5. The van der Waals surface area contributed by atoms with Crippen LogP contribution in [0.5, 0.6) is 5.75 Å². The van der Waals surface area contributed by atoms with Gasteiger partial charge in [0.25, 0.3) is 11.8 Å². The number of alkyl halides is 2. The summed E-state index contributed by atoms with van der Waals surface area (Å²) in [4.78, 5) is 17.9. The predicted molar refractivity (Wildman–Crippen MR) is 83.4 cm³/mol. The zero-order chi connectivity index (χ0) is 16.4. The number of thiophene rings is 1. The minimum absolute atomic E-state index is 0.00781. The SMILES string of the molecule is O=C(c1ccc(Cl)s1)N1CC(F)(F)C[C@H]1COc1cccnc1. The van der Waals surface area contributed by atoms with Crippen LogP contribution in [-0.2, 0) is 0 Å². The molecule has 23 heavy (non-hydrogen) atoms. The molecule has 0 radical (unpaired) electrons. The number of pyridine rings is 1. The lowest BCUT2D eigenvalue weighted by Crippen LogP contribution is -2.39. The van der Waals surface area contributed by atoms with Crippen LogP contribution in [0, 0.1) is 0 Å². The summed E-state index contributed by atoms with van der Waals surface area (Å²) in [6.07, 6.45) is 2.67. The Morgan fingerprint density at radius 3 is 2.96 bits per heavy atom. The van der Waals surface area contributed by atoms with Crippen molar-refractivity contribution in [2.45, 2.75) is 18.4 Å². The van der Waals surface area contributed by atoms with E-state index >= 15 is 0 Å². The molecule has 8 heteroatoms. The Morgan fingerprint density at radius 2 is 2.30 bits per heavy atom.